The Morgan fingerprint density at radius 2 is 2.13 bits per heavy atom. The molecule has 0 unspecified atom stereocenters. The molecule has 0 radical (unpaired) electrons. The van der Waals surface area contributed by atoms with E-state index in [0.29, 0.717) is 0 Å². The predicted octanol–water partition coefficient (Wildman–Crippen LogP) is 2.77. The van der Waals surface area contributed by atoms with Crippen molar-refractivity contribution in [3.8, 4) is 0 Å². The number of carboxylic acid groups (broad SMARTS) is 1. The molecule has 0 spiro atoms. The van der Waals surface area contributed by atoms with Gasteiger partial charge >= 0.3 is 5.97 Å². The lowest BCUT2D eigenvalue weighted by atomic mass is 9.87. The molecule has 84 valence electrons. The van der Waals surface area contributed by atoms with Crippen molar-refractivity contribution >= 4 is 17.3 Å². The summed E-state index contributed by atoms with van der Waals surface area (Å²) in [7, 11) is 0. The van der Waals surface area contributed by atoms with Crippen LogP contribution in [0.3, 0.4) is 0 Å². The number of aryl methyl sites for hydroxylation is 2. The molecule has 0 amide bonds. The van der Waals surface area contributed by atoms with Gasteiger partial charge in [-0.2, -0.15) is 0 Å². The van der Waals surface area contributed by atoms with Gasteiger partial charge in [0.25, 0.3) is 0 Å². The number of carboxylic acids is 1. The minimum atomic E-state index is -0.758. The highest BCUT2D eigenvalue weighted by Gasteiger charge is 2.28. The number of rotatable bonds is 4. The van der Waals surface area contributed by atoms with Gasteiger partial charge in [0.2, 0.25) is 0 Å². The van der Waals surface area contributed by atoms with Crippen molar-refractivity contribution in [2.75, 3.05) is 0 Å². The zero-order valence-corrected chi connectivity index (χ0v) is 10.4. The summed E-state index contributed by atoms with van der Waals surface area (Å²) in [4.78, 5) is 16.3. The summed E-state index contributed by atoms with van der Waals surface area (Å²) < 4.78 is 0. The summed E-state index contributed by atoms with van der Waals surface area (Å²) >= 11 is 1.63. The molecule has 0 saturated carbocycles. The van der Waals surface area contributed by atoms with E-state index in [9.17, 15) is 4.79 Å². The van der Waals surface area contributed by atoms with Crippen molar-refractivity contribution < 1.29 is 9.90 Å². The van der Waals surface area contributed by atoms with Gasteiger partial charge in [0, 0.05) is 10.3 Å². The maximum atomic E-state index is 10.8. The molecule has 1 rings (SSSR count). The predicted molar refractivity (Wildman–Crippen MR) is 61.5 cm³/mol. The average molecular weight is 227 g/mol. The molecule has 0 saturated heterocycles. The second-order valence-electron chi connectivity index (χ2n) is 4.33. The van der Waals surface area contributed by atoms with Gasteiger partial charge in [-0.05, 0) is 13.3 Å². The van der Waals surface area contributed by atoms with E-state index in [1.807, 2.05) is 20.8 Å². The van der Waals surface area contributed by atoms with E-state index in [4.69, 9.17) is 5.11 Å². The highest BCUT2D eigenvalue weighted by molar-refractivity contribution is 7.11. The van der Waals surface area contributed by atoms with Crippen LogP contribution in [0.5, 0.6) is 0 Å². The summed E-state index contributed by atoms with van der Waals surface area (Å²) in [5, 5.41) is 9.93. The summed E-state index contributed by atoms with van der Waals surface area (Å²) in [5.74, 6) is -0.758. The maximum Gasteiger partial charge on any atom is 0.304 e. The van der Waals surface area contributed by atoms with E-state index in [2.05, 4.69) is 11.9 Å². The minimum Gasteiger partial charge on any atom is -0.481 e. The van der Waals surface area contributed by atoms with Gasteiger partial charge in [-0.15, -0.1) is 11.3 Å². The van der Waals surface area contributed by atoms with Gasteiger partial charge in [-0.1, -0.05) is 20.8 Å². The quantitative estimate of drug-likeness (QED) is 0.860. The highest BCUT2D eigenvalue weighted by Crippen LogP contribution is 2.34. The first-order valence-corrected chi connectivity index (χ1v) is 5.87. The monoisotopic (exact) mass is 227 g/mol. The third kappa shape index (κ3) is 2.78. The Bertz CT molecular complexity index is 369. The van der Waals surface area contributed by atoms with Crippen LogP contribution in [0.15, 0.2) is 0 Å². The number of aliphatic carboxylic acids is 1. The molecule has 0 aliphatic carbocycles. The van der Waals surface area contributed by atoms with Gasteiger partial charge in [0.1, 0.15) is 0 Å². The van der Waals surface area contributed by atoms with Crippen LogP contribution in [0.1, 0.15) is 42.8 Å². The lowest BCUT2D eigenvalue weighted by Crippen LogP contribution is -2.21. The topological polar surface area (TPSA) is 50.2 Å². The van der Waals surface area contributed by atoms with E-state index >= 15 is 0 Å². The van der Waals surface area contributed by atoms with Gasteiger partial charge in [-0.3, -0.25) is 4.79 Å². The van der Waals surface area contributed by atoms with Gasteiger partial charge in [0.15, 0.2) is 0 Å². The fraction of sp³-hybridized carbons (Fsp3) is 0.636. The molecule has 1 heterocycles. The number of hydrogen-bond donors (Lipinski definition) is 1. The molecule has 0 aliphatic heterocycles. The second-order valence-corrected chi connectivity index (χ2v) is 5.41. The van der Waals surface area contributed by atoms with Crippen LogP contribution in [0.4, 0.5) is 0 Å². The molecular formula is C11H17NO2S. The molecule has 0 bridgehead atoms. The smallest absolute Gasteiger partial charge is 0.304 e. The molecule has 0 aliphatic rings. The number of nitrogens with zero attached hydrogens (tertiary/aromatic N) is 1. The molecule has 15 heavy (non-hydrogen) atoms. The van der Waals surface area contributed by atoms with Gasteiger partial charge in [0.05, 0.1) is 17.1 Å². The van der Waals surface area contributed by atoms with Crippen molar-refractivity contribution in [3.63, 3.8) is 0 Å². The summed E-state index contributed by atoms with van der Waals surface area (Å²) in [6.07, 6.45) is 1.06. The number of thiazole rings is 1. The zero-order valence-electron chi connectivity index (χ0n) is 9.63. The molecule has 0 fully saturated rings. The number of carbonyl (C=O) groups is 1. The Morgan fingerprint density at radius 1 is 1.53 bits per heavy atom. The van der Waals surface area contributed by atoms with Crippen molar-refractivity contribution in [2.24, 2.45) is 0 Å². The maximum absolute atomic E-state index is 10.8. The summed E-state index contributed by atoms with van der Waals surface area (Å²) in [6.45, 7) is 7.93. The summed E-state index contributed by atoms with van der Waals surface area (Å²) in [6, 6.07) is 0. The minimum absolute atomic E-state index is 0.152. The fourth-order valence-corrected chi connectivity index (χ4v) is 2.79. The van der Waals surface area contributed by atoms with Crippen molar-refractivity contribution in [2.45, 2.75) is 46.0 Å². The highest BCUT2D eigenvalue weighted by atomic mass is 32.1. The van der Waals surface area contributed by atoms with Crippen LogP contribution < -0.4 is 0 Å². The molecule has 3 nitrogen and oxygen atoms in total. The Balaban J connectivity index is 3.02. The number of hydrogen-bond acceptors (Lipinski definition) is 3. The molecule has 1 aromatic heterocycles. The Morgan fingerprint density at radius 3 is 2.53 bits per heavy atom. The van der Waals surface area contributed by atoms with Crippen LogP contribution >= 0.6 is 11.3 Å². The summed E-state index contributed by atoms with van der Waals surface area (Å²) in [5.41, 5.74) is 0.657. The van der Waals surface area contributed by atoms with E-state index in [0.717, 1.165) is 22.0 Å². The van der Waals surface area contributed by atoms with Crippen LogP contribution in [-0.4, -0.2) is 16.1 Å². The molecule has 4 heteroatoms. The zero-order chi connectivity index (χ0) is 11.6. The molecule has 0 atom stereocenters. The van der Waals surface area contributed by atoms with Crippen LogP contribution in [0.25, 0.3) is 0 Å². The molecule has 0 aromatic carbocycles. The lowest BCUT2D eigenvalue weighted by molar-refractivity contribution is -0.138. The molecule has 1 N–H and O–H groups in total. The molecular weight excluding hydrogens is 210 g/mol. The Labute approximate surface area is 94.2 Å². The van der Waals surface area contributed by atoms with Gasteiger partial charge < -0.3 is 5.11 Å². The molecule has 1 aromatic rings. The average Bonchev–Trinajstić information content (AvgIpc) is 2.45. The standard InChI is InChI=1S/C11H17NO2S/c1-5-8-12-7(2)10(15-8)11(3,4)6-9(13)14/h5-6H2,1-4H3,(H,13,14). The van der Waals surface area contributed by atoms with Crippen molar-refractivity contribution in [1.82, 2.24) is 4.98 Å². The van der Waals surface area contributed by atoms with Gasteiger partial charge in [-0.25, -0.2) is 4.98 Å². The van der Waals surface area contributed by atoms with E-state index in [1.165, 1.54) is 0 Å². The first-order chi connectivity index (χ1) is 6.86. The fourth-order valence-electron chi connectivity index (χ4n) is 1.69. The SMILES string of the molecule is CCc1nc(C)c(C(C)(C)CC(=O)O)s1. The Hall–Kier alpha value is -0.900. The van der Waals surface area contributed by atoms with Crippen molar-refractivity contribution in [1.29, 1.82) is 0 Å². The van der Waals surface area contributed by atoms with E-state index in [-0.39, 0.29) is 11.8 Å². The third-order valence-corrected chi connectivity index (χ3v) is 4.02. The lowest BCUT2D eigenvalue weighted by Gasteiger charge is -2.21. The van der Waals surface area contributed by atoms with Crippen LogP contribution in [0, 0.1) is 6.92 Å². The third-order valence-electron chi connectivity index (χ3n) is 2.35. The normalized spacial score (nSPS) is 11.7. The Kier molecular flexibility index (Phi) is 3.50. The van der Waals surface area contributed by atoms with E-state index < -0.39 is 5.97 Å². The second kappa shape index (κ2) is 4.31. The van der Waals surface area contributed by atoms with Crippen LogP contribution in [0.2, 0.25) is 0 Å². The number of aromatic nitrogens is 1. The first kappa shape index (κ1) is 12.2. The largest absolute Gasteiger partial charge is 0.481 e. The van der Waals surface area contributed by atoms with E-state index in [1.54, 1.807) is 11.3 Å². The van der Waals surface area contributed by atoms with Crippen LogP contribution in [-0.2, 0) is 16.6 Å². The first-order valence-electron chi connectivity index (χ1n) is 5.05. The van der Waals surface area contributed by atoms with Crippen molar-refractivity contribution in [3.05, 3.63) is 15.6 Å².